The maximum atomic E-state index is 13.2. The summed E-state index contributed by atoms with van der Waals surface area (Å²) in [5.41, 5.74) is 0.489. The largest absolute Gasteiger partial charge is 0.343 e. The van der Waals surface area contributed by atoms with Crippen LogP contribution in [0.1, 0.15) is 36.1 Å². The standard InChI is InChI=1S/C20H19F2N5O3/c1-11(2)17(20-26-18(27-30-20)12-3-5-23-6-4-12)25-16(28)10-24-19(29)13-7-14(21)9-15(22)8-13/h3-9,11,17H,10H2,1-2H3,(H,24,29)(H,25,28). The molecule has 8 nitrogen and oxygen atoms in total. The number of nitrogens with one attached hydrogen (secondary N) is 2. The fraction of sp³-hybridized carbons (Fsp3) is 0.250. The van der Waals surface area contributed by atoms with Crippen molar-refractivity contribution >= 4 is 11.8 Å². The van der Waals surface area contributed by atoms with Gasteiger partial charge in [-0.25, -0.2) is 8.78 Å². The Morgan fingerprint density at radius 1 is 1.10 bits per heavy atom. The lowest BCUT2D eigenvalue weighted by Crippen LogP contribution is -2.40. The van der Waals surface area contributed by atoms with Crippen molar-refractivity contribution < 1.29 is 22.9 Å². The van der Waals surface area contributed by atoms with E-state index in [0.717, 1.165) is 12.1 Å². The van der Waals surface area contributed by atoms with Gasteiger partial charge >= 0.3 is 0 Å². The third-order valence-electron chi connectivity index (χ3n) is 4.16. The molecule has 1 unspecified atom stereocenters. The van der Waals surface area contributed by atoms with Gasteiger partial charge in [-0.05, 0) is 30.2 Å². The zero-order chi connectivity index (χ0) is 21.7. The van der Waals surface area contributed by atoms with E-state index in [2.05, 4.69) is 25.8 Å². The molecule has 0 bridgehead atoms. The van der Waals surface area contributed by atoms with Crippen molar-refractivity contribution in [3.63, 3.8) is 0 Å². The number of aromatic nitrogens is 3. The molecule has 156 valence electrons. The number of halogens is 2. The van der Waals surface area contributed by atoms with Gasteiger partial charge in [0.15, 0.2) is 0 Å². The van der Waals surface area contributed by atoms with E-state index in [4.69, 9.17) is 4.52 Å². The molecule has 3 rings (SSSR count). The molecular formula is C20H19F2N5O3. The van der Waals surface area contributed by atoms with E-state index < -0.39 is 36.0 Å². The van der Waals surface area contributed by atoms with Crippen LogP contribution in [0.3, 0.4) is 0 Å². The first-order valence-corrected chi connectivity index (χ1v) is 9.11. The Balaban J connectivity index is 1.63. The van der Waals surface area contributed by atoms with E-state index in [1.165, 1.54) is 0 Å². The minimum absolute atomic E-state index is 0.0901. The Morgan fingerprint density at radius 2 is 1.77 bits per heavy atom. The monoisotopic (exact) mass is 415 g/mol. The summed E-state index contributed by atoms with van der Waals surface area (Å²) in [5.74, 6) is -2.59. The number of hydrogen-bond acceptors (Lipinski definition) is 6. The minimum atomic E-state index is -0.883. The van der Waals surface area contributed by atoms with Crippen LogP contribution in [0.25, 0.3) is 11.4 Å². The van der Waals surface area contributed by atoms with Crippen LogP contribution in [0, 0.1) is 17.6 Å². The molecule has 0 aliphatic rings. The molecule has 0 saturated heterocycles. The first kappa shape index (κ1) is 21.0. The van der Waals surface area contributed by atoms with Gasteiger partial charge in [0, 0.05) is 29.6 Å². The average molecular weight is 415 g/mol. The molecule has 0 aliphatic heterocycles. The second-order valence-electron chi connectivity index (χ2n) is 6.82. The van der Waals surface area contributed by atoms with E-state index in [0.29, 0.717) is 17.5 Å². The van der Waals surface area contributed by atoms with E-state index in [9.17, 15) is 18.4 Å². The molecule has 0 fully saturated rings. The molecule has 3 aromatic rings. The SMILES string of the molecule is CC(C)C(NC(=O)CNC(=O)c1cc(F)cc(F)c1)c1nc(-c2ccncc2)no1. The summed E-state index contributed by atoms with van der Waals surface area (Å²) in [6.07, 6.45) is 3.19. The molecule has 30 heavy (non-hydrogen) atoms. The molecule has 2 amide bonds. The fourth-order valence-electron chi connectivity index (χ4n) is 2.67. The highest BCUT2D eigenvalue weighted by Crippen LogP contribution is 2.23. The Kier molecular flexibility index (Phi) is 6.45. The fourth-order valence-corrected chi connectivity index (χ4v) is 2.67. The van der Waals surface area contributed by atoms with Gasteiger partial charge in [0.2, 0.25) is 17.6 Å². The van der Waals surface area contributed by atoms with E-state index in [-0.39, 0.29) is 17.4 Å². The van der Waals surface area contributed by atoms with E-state index in [1.807, 2.05) is 13.8 Å². The number of pyridine rings is 1. The number of hydrogen-bond donors (Lipinski definition) is 2. The second-order valence-corrected chi connectivity index (χ2v) is 6.82. The van der Waals surface area contributed by atoms with Gasteiger partial charge in [0.25, 0.3) is 5.91 Å². The van der Waals surface area contributed by atoms with Gasteiger partial charge in [0.1, 0.15) is 17.7 Å². The Morgan fingerprint density at radius 3 is 2.40 bits per heavy atom. The van der Waals surface area contributed by atoms with Crippen LogP contribution in [-0.4, -0.2) is 33.5 Å². The highest BCUT2D eigenvalue weighted by molar-refractivity contribution is 5.96. The van der Waals surface area contributed by atoms with Gasteiger partial charge in [-0.2, -0.15) is 4.98 Å². The zero-order valence-corrected chi connectivity index (χ0v) is 16.2. The van der Waals surface area contributed by atoms with Crippen molar-refractivity contribution in [2.45, 2.75) is 19.9 Å². The molecule has 2 aromatic heterocycles. The molecule has 2 N–H and O–H groups in total. The molecular weight excluding hydrogens is 396 g/mol. The molecule has 1 aromatic carbocycles. The van der Waals surface area contributed by atoms with Crippen molar-refractivity contribution in [2.24, 2.45) is 5.92 Å². The summed E-state index contributed by atoms with van der Waals surface area (Å²) in [6.45, 7) is 3.32. The van der Waals surface area contributed by atoms with E-state index >= 15 is 0 Å². The first-order chi connectivity index (χ1) is 14.3. The number of carbonyl (C=O) groups excluding carboxylic acids is 2. The molecule has 0 aliphatic carbocycles. The average Bonchev–Trinajstić information content (AvgIpc) is 3.19. The van der Waals surface area contributed by atoms with Crippen LogP contribution in [0.5, 0.6) is 0 Å². The molecule has 0 saturated carbocycles. The summed E-state index contributed by atoms with van der Waals surface area (Å²) < 4.78 is 31.8. The van der Waals surface area contributed by atoms with Gasteiger partial charge in [-0.3, -0.25) is 14.6 Å². The quantitative estimate of drug-likeness (QED) is 0.614. The lowest BCUT2D eigenvalue weighted by Gasteiger charge is -2.18. The topological polar surface area (TPSA) is 110 Å². The van der Waals surface area contributed by atoms with Crippen LogP contribution >= 0.6 is 0 Å². The summed E-state index contributed by atoms with van der Waals surface area (Å²) >= 11 is 0. The van der Waals surface area contributed by atoms with Gasteiger partial charge in [0.05, 0.1) is 6.54 Å². The van der Waals surface area contributed by atoms with Crippen molar-refractivity contribution in [1.29, 1.82) is 0 Å². The molecule has 2 heterocycles. The normalized spacial score (nSPS) is 11.9. The van der Waals surface area contributed by atoms with Crippen LogP contribution < -0.4 is 10.6 Å². The summed E-state index contributed by atoms with van der Waals surface area (Å²) in [4.78, 5) is 32.6. The molecule has 10 heteroatoms. The first-order valence-electron chi connectivity index (χ1n) is 9.11. The smallest absolute Gasteiger partial charge is 0.251 e. The van der Waals surface area contributed by atoms with Crippen LogP contribution in [0.15, 0.2) is 47.2 Å². The highest BCUT2D eigenvalue weighted by atomic mass is 19.1. The third kappa shape index (κ3) is 5.22. The van der Waals surface area contributed by atoms with Crippen LogP contribution in [-0.2, 0) is 4.79 Å². The lowest BCUT2D eigenvalue weighted by molar-refractivity contribution is -0.121. The van der Waals surface area contributed by atoms with Crippen molar-refractivity contribution in [2.75, 3.05) is 6.54 Å². The summed E-state index contributed by atoms with van der Waals surface area (Å²) in [7, 11) is 0. The predicted molar refractivity (Wildman–Crippen MR) is 102 cm³/mol. The molecule has 0 radical (unpaired) electrons. The second kappa shape index (κ2) is 9.21. The Hall–Kier alpha value is -3.69. The molecule has 1 atom stereocenters. The van der Waals surface area contributed by atoms with Crippen LogP contribution in [0.2, 0.25) is 0 Å². The number of carbonyl (C=O) groups is 2. The Labute approximate surface area is 170 Å². The van der Waals surface area contributed by atoms with Crippen molar-refractivity contribution in [3.05, 3.63) is 65.8 Å². The van der Waals surface area contributed by atoms with E-state index in [1.54, 1.807) is 24.5 Å². The number of rotatable bonds is 7. The minimum Gasteiger partial charge on any atom is -0.343 e. The predicted octanol–water partition coefficient (Wildman–Crippen LogP) is 2.65. The van der Waals surface area contributed by atoms with Gasteiger partial charge in [-0.15, -0.1) is 0 Å². The lowest BCUT2D eigenvalue weighted by atomic mass is 10.0. The highest BCUT2D eigenvalue weighted by Gasteiger charge is 2.25. The summed E-state index contributed by atoms with van der Waals surface area (Å²) in [5, 5.41) is 8.96. The van der Waals surface area contributed by atoms with Crippen LogP contribution in [0.4, 0.5) is 8.78 Å². The van der Waals surface area contributed by atoms with Crippen molar-refractivity contribution in [1.82, 2.24) is 25.8 Å². The zero-order valence-electron chi connectivity index (χ0n) is 16.2. The van der Waals surface area contributed by atoms with Crippen molar-refractivity contribution in [3.8, 4) is 11.4 Å². The van der Waals surface area contributed by atoms with Gasteiger partial charge in [-0.1, -0.05) is 19.0 Å². The number of benzene rings is 1. The maximum absolute atomic E-state index is 13.2. The number of nitrogens with zero attached hydrogens (tertiary/aromatic N) is 3. The number of amides is 2. The summed E-state index contributed by atoms with van der Waals surface area (Å²) in [6, 6.07) is 5.27. The Bertz CT molecular complexity index is 1020. The third-order valence-corrected chi connectivity index (χ3v) is 4.16. The van der Waals surface area contributed by atoms with Gasteiger partial charge < -0.3 is 15.2 Å². The molecule has 0 spiro atoms. The maximum Gasteiger partial charge on any atom is 0.251 e.